The van der Waals surface area contributed by atoms with E-state index in [1.165, 1.54) is 0 Å². The molecule has 0 aliphatic carbocycles. The van der Waals surface area contributed by atoms with Crippen molar-refractivity contribution in [3.63, 3.8) is 0 Å². The Labute approximate surface area is 167 Å². The van der Waals surface area contributed by atoms with E-state index in [1.807, 2.05) is 24.3 Å². The highest BCUT2D eigenvalue weighted by atomic mass is 33.1. The third-order valence-electron chi connectivity index (χ3n) is 3.48. The van der Waals surface area contributed by atoms with E-state index >= 15 is 0 Å². The summed E-state index contributed by atoms with van der Waals surface area (Å²) in [6, 6.07) is 7.48. The summed E-state index contributed by atoms with van der Waals surface area (Å²) < 4.78 is 29.9. The fraction of sp³-hybridized carbons (Fsp3) is 0.529. The van der Waals surface area contributed by atoms with Crippen molar-refractivity contribution in [1.82, 2.24) is 0 Å². The first-order chi connectivity index (χ1) is 12.8. The quantitative estimate of drug-likeness (QED) is 0.173. The van der Waals surface area contributed by atoms with Gasteiger partial charge in [0.1, 0.15) is 0 Å². The first-order valence-electron chi connectivity index (χ1n) is 8.63. The fourth-order valence-corrected chi connectivity index (χ4v) is 4.73. The molecule has 0 heterocycles. The molecule has 0 saturated heterocycles. The third kappa shape index (κ3) is 12.7. The van der Waals surface area contributed by atoms with Gasteiger partial charge in [0.05, 0.1) is 5.69 Å². The van der Waals surface area contributed by atoms with Crippen LogP contribution < -0.4 is 5.32 Å². The zero-order chi connectivity index (χ0) is 20.1. The summed E-state index contributed by atoms with van der Waals surface area (Å²) in [4.78, 5) is 23.4. The highest BCUT2D eigenvalue weighted by Crippen LogP contribution is 2.28. The minimum absolute atomic E-state index is 0.0945. The monoisotopic (exact) mass is 435 g/mol. The van der Waals surface area contributed by atoms with Gasteiger partial charge in [0, 0.05) is 23.5 Å². The highest BCUT2D eigenvalue weighted by Gasteiger charge is 2.08. The second-order valence-electron chi connectivity index (χ2n) is 5.80. The van der Waals surface area contributed by atoms with Gasteiger partial charge >= 0.3 is 15.1 Å². The summed E-state index contributed by atoms with van der Waals surface area (Å²) in [6.07, 6.45) is 3.87. The first kappa shape index (κ1) is 23.8. The van der Waals surface area contributed by atoms with Gasteiger partial charge in [0.2, 0.25) is 5.91 Å². The van der Waals surface area contributed by atoms with Gasteiger partial charge in [-0.25, -0.2) is 0 Å². The minimum Gasteiger partial charge on any atom is -0.481 e. The van der Waals surface area contributed by atoms with E-state index in [0.29, 0.717) is 48.7 Å². The van der Waals surface area contributed by atoms with Gasteiger partial charge in [-0.05, 0) is 54.4 Å². The zero-order valence-electron chi connectivity index (χ0n) is 14.9. The summed E-state index contributed by atoms with van der Waals surface area (Å²) in [5.74, 6) is 0.207. The van der Waals surface area contributed by atoms with E-state index in [4.69, 9.17) is 9.66 Å². The SMILES string of the molecule is O=C(O)CCCCCC(=O)Nc1ccccc1SCCCCSS(=O)(=O)O. The molecule has 7 nitrogen and oxygen atoms in total. The molecule has 3 N–H and O–H groups in total. The topological polar surface area (TPSA) is 121 Å². The molecule has 0 spiro atoms. The van der Waals surface area contributed by atoms with Crippen LogP contribution in [0, 0.1) is 0 Å². The number of carboxylic acid groups (broad SMARTS) is 1. The van der Waals surface area contributed by atoms with E-state index in [2.05, 4.69) is 5.32 Å². The molecule has 1 aromatic rings. The number of nitrogens with one attached hydrogen (secondary N) is 1. The van der Waals surface area contributed by atoms with E-state index in [-0.39, 0.29) is 12.3 Å². The smallest absolute Gasteiger partial charge is 0.319 e. The molecule has 10 heteroatoms. The van der Waals surface area contributed by atoms with Crippen molar-refractivity contribution in [3.8, 4) is 0 Å². The van der Waals surface area contributed by atoms with Crippen molar-refractivity contribution >= 4 is 49.3 Å². The lowest BCUT2D eigenvalue weighted by Crippen LogP contribution is -2.11. The van der Waals surface area contributed by atoms with E-state index < -0.39 is 15.1 Å². The van der Waals surface area contributed by atoms with Crippen LogP contribution >= 0.6 is 22.6 Å². The molecule has 1 aromatic carbocycles. The van der Waals surface area contributed by atoms with Gasteiger partial charge in [-0.1, -0.05) is 18.6 Å². The Bertz CT molecular complexity index is 708. The number of anilines is 1. The number of hydrogen-bond donors (Lipinski definition) is 3. The molecule has 0 aromatic heterocycles. The zero-order valence-corrected chi connectivity index (χ0v) is 17.4. The first-order valence-corrected chi connectivity index (χ1v) is 12.6. The van der Waals surface area contributed by atoms with Crippen LogP contribution in [-0.4, -0.2) is 41.5 Å². The second kappa shape index (κ2) is 13.0. The summed E-state index contributed by atoms with van der Waals surface area (Å²) in [5.41, 5.74) is 0.741. The molecule has 152 valence electrons. The van der Waals surface area contributed by atoms with Gasteiger partial charge in [-0.3, -0.25) is 14.1 Å². The highest BCUT2D eigenvalue weighted by molar-refractivity contribution is 8.69. The molecular formula is C17H25NO6S3. The van der Waals surface area contributed by atoms with Gasteiger partial charge in [0.15, 0.2) is 0 Å². The van der Waals surface area contributed by atoms with E-state index in [0.717, 1.165) is 22.8 Å². The lowest BCUT2D eigenvalue weighted by atomic mass is 10.1. The number of benzene rings is 1. The number of carboxylic acids is 1. The Morgan fingerprint density at radius 3 is 2.33 bits per heavy atom. The maximum absolute atomic E-state index is 12.1. The van der Waals surface area contributed by atoms with Crippen molar-refractivity contribution in [1.29, 1.82) is 0 Å². The Morgan fingerprint density at radius 1 is 0.963 bits per heavy atom. The summed E-state index contributed by atoms with van der Waals surface area (Å²) >= 11 is 1.58. The third-order valence-corrected chi connectivity index (χ3v) is 6.79. The maximum atomic E-state index is 12.1. The van der Waals surface area contributed by atoms with Gasteiger partial charge in [-0.15, -0.1) is 11.8 Å². The number of carbonyl (C=O) groups excluding carboxylic acids is 1. The second-order valence-corrected chi connectivity index (χ2v) is 10.4. The number of rotatable bonds is 14. The number of unbranched alkanes of at least 4 members (excludes halogenated alkanes) is 3. The fourth-order valence-electron chi connectivity index (χ4n) is 2.20. The number of hydrogen-bond acceptors (Lipinski definition) is 6. The average Bonchev–Trinajstić information content (AvgIpc) is 2.57. The Kier molecular flexibility index (Phi) is 11.5. The van der Waals surface area contributed by atoms with Crippen molar-refractivity contribution in [2.24, 2.45) is 0 Å². The standard InChI is InChI=1S/C17H25NO6S3/c19-16(10-2-1-3-11-17(20)21)18-14-8-4-5-9-15(14)25-12-6-7-13-26-27(22,23)24/h4-5,8-9H,1-3,6-7,10-13H2,(H,18,19)(H,20,21)(H,22,23,24). The lowest BCUT2D eigenvalue weighted by molar-refractivity contribution is -0.137. The summed E-state index contributed by atoms with van der Waals surface area (Å²) in [6.45, 7) is 0. The normalized spacial score (nSPS) is 11.3. The molecule has 0 bridgehead atoms. The number of aliphatic carboxylic acids is 1. The van der Waals surface area contributed by atoms with Crippen molar-refractivity contribution < 1.29 is 27.7 Å². The Hall–Kier alpha value is -1.23. The van der Waals surface area contributed by atoms with Crippen LogP contribution in [-0.2, 0) is 18.7 Å². The molecule has 1 rings (SSSR count). The molecule has 27 heavy (non-hydrogen) atoms. The molecule has 0 aliphatic rings. The number of para-hydroxylation sites is 1. The predicted octanol–water partition coefficient (Wildman–Crippen LogP) is 4.07. The van der Waals surface area contributed by atoms with E-state index in [1.54, 1.807) is 11.8 Å². The van der Waals surface area contributed by atoms with Crippen LogP contribution in [0.2, 0.25) is 0 Å². The molecule has 0 atom stereocenters. The van der Waals surface area contributed by atoms with Gasteiger partial charge < -0.3 is 10.4 Å². The minimum atomic E-state index is -3.97. The Morgan fingerprint density at radius 2 is 1.63 bits per heavy atom. The number of amides is 1. The predicted molar refractivity (Wildman–Crippen MR) is 110 cm³/mol. The molecular weight excluding hydrogens is 410 g/mol. The summed E-state index contributed by atoms with van der Waals surface area (Å²) in [5, 5.41) is 11.5. The van der Waals surface area contributed by atoms with Crippen molar-refractivity contribution in [2.45, 2.75) is 49.8 Å². The summed E-state index contributed by atoms with van der Waals surface area (Å²) in [7, 11) is -3.43. The molecule has 0 saturated carbocycles. The van der Waals surface area contributed by atoms with Crippen molar-refractivity contribution in [3.05, 3.63) is 24.3 Å². The molecule has 1 amide bonds. The molecule has 0 unspecified atom stereocenters. The maximum Gasteiger partial charge on any atom is 0.319 e. The van der Waals surface area contributed by atoms with E-state index in [9.17, 15) is 18.0 Å². The average molecular weight is 436 g/mol. The van der Waals surface area contributed by atoms with Gasteiger partial charge in [0.25, 0.3) is 0 Å². The van der Waals surface area contributed by atoms with Crippen LogP contribution in [0.15, 0.2) is 29.2 Å². The largest absolute Gasteiger partial charge is 0.481 e. The number of carbonyl (C=O) groups is 2. The van der Waals surface area contributed by atoms with Gasteiger partial charge in [-0.2, -0.15) is 8.42 Å². The van der Waals surface area contributed by atoms with Crippen LogP contribution in [0.25, 0.3) is 0 Å². The lowest BCUT2D eigenvalue weighted by Gasteiger charge is -2.10. The van der Waals surface area contributed by atoms with Crippen LogP contribution in [0.5, 0.6) is 0 Å². The van der Waals surface area contributed by atoms with Crippen molar-refractivity contribution in [2.75, 3.05) is 16.8 Å². The van der Waals surface area contributed by atoms with Crippen LogP contribution in [0.3, 0.4) is 0 Å². The molecule has 0 fully saturated rings. The number of thioether (sulfide) groups is 1. The van der Waals surface area contributed by atoms with Crippen LogP contribution in [0.1, 0.15) is 44.9 Å². The molecule has 0 radical (unpaired) electrons. The Balaban J connectivity index is 2.31. The van der Waals surface area contributed by atoms with Crippen LogP contribution in [0.4, 0.5) is 5.69 Å². The molecule has 0 aliphatic heterocycles.